The fourth-order valence-corrected chi connectivity index (χ4v) is 8.74. The lowest BCUT2D eigenvalue weighted by Gasteiger charge is -2.43. The van der Waals surface area contributed by atoms with Crippen molar-refractivity contribution < 1.29 is 19.1 Å². The Kier molecular flexibility index (Phi) is 5.72. The van der Waals surface area contributed by atoms with Crippen LogP contribution in [0.2, 0.25) is 5.04 Å². The lowest BCUT2D eigenvalue weighted by atomic mass is 10.2. The van der Waals surface area contributed by atoms with E-state index in [2.05, 4.69) is 45.0 Å². The summed E-state index contributed by atoms with van der Waals surface area (Å²) in [5.41, 5.74) is 0. The van der Waals surface area contributed by atoms with Crippen molar-refractivity contribution in [3.63, 3.8) is 0 Å². The van der Waals surface area contributed by atoms with Crippen LogP contribution in [0.15, 0.2) is 60.7 Å². The molecular weight excluding hydrogens is 370 g/mol. The van der Waals surface area contributed by atoms with Gasteiger partial charge in [-0.05, 0) is 21.8 Å². The van der Waals surface area contributed by atoms with Gasteiger partial charge in [0.2, 0.25) is 5.91 Å². The van der Waals surface area contributed by atoms with E-state index in [0.29, 0.717) is 6.42 Å². The first-order chi connectivity index (χ1) is 13.3. The van der Waals surface area contributed by atoms with E-state index in [1.807, 2.05) is 36.4 Å². The second-order valence-corrected chi connectivity index (χ2v) is 12.5. The van der Waals surface area contributed by atoms with E-state index in [9.17, 15) is 14.7 Å². The SMILES string of the molecule is CC(C)(C)[Si](OC[C@@H]1CCC(=O)N1C(=O)O)(c1ccccc1)c1ccccc1. The molecule has 0 unspecified atom stereocenters. The molecule has 6 heteroatoms. The molecule has 0 radical (unpaired) electrons. The summed E-state index contributed by atoms with van der Waals surface area (Å²) in [7, 11) is -2.73. The van der Waals surface area contributed by atoms with Crippen molar-refractivity contribution in [1.29, 1.82) is 0 Å². The second kappa shape index (κ2) is 7.89. The van der Waals surface area contributed by atoms with Crippen molar-refractivity contribution in [2.75, 3.05) is 6.61 Å². The minimum atomic E-state index is -2.73. The number of carboxylic acid groups (broad SMARTS) is 1. The summed E-state index contributed by atoms with van der Waals surface area (Å²) < 4.78 is 6.76. The number of carbonyl (C=O) groups excluding carboxylic acids is 1. The van der Waals surface area contributed by atoms with Crippen LogP contribution in [0.25, 0.3) is 0 Å². The van der Waals surface area contributed by atoms with Gasteiger partial charge < -0.3 is 9.53 Å². The standard InChI is InChI=1S/C22H27NO4Si/c1-22(2,3)28(18-10-6-4-7-11-18,19-12-8-5-9-13-19)27-16-17-14-15-20(24)23(17)21(25)26/h4-13,17H,14-16H2,1-3H3,(H,25,26)/t17-/m0/s1. The Bertz CT molecular complexity index is 793. The van der Waals surface area contributed by atoms with Gasteiger partial charge in [0, 0.05) is 6.42 Å². The molecule has 1 aliphatic heterocycles. The van der Waals surface area contributed by atoms with Gasteiger partial charge in [-0.25, -0.2) is 9.69 Å². The minimum Gasteiger partial charge on any atom is -0.465 e. The molecule has 0 aromatic heterocycles. The van der Waals surface area contributed by atoms with E-state index in [4.69, 9.17) is 4.43 Å². The summed E-state index contributed by atoms with van der Waals surface area (Å²) >= 11 is 0. The van der Waals surface area contributed by atoms with Crippen molar-refractivity contribution >= 4 is 30.7 Å². The summed E-state index contributed by atoms with van der Waals surface area (Å²) in [6.45, 7) is 6.74. The van der Waals surface area contributed by atoms with Crippen LogP contribution in [0.1, 0.15) is 33.6 Å². The zero-order chi connectivity index (χ0) is 20.4. The van der Waals surface area contributed by atoms with Gasteiger partial charge in [-0.2, -0.15) is 0 Å². The van der Waals surface area contributed by atoms with Crippen molar-refractivity contribution in [2.45, 2.75) is 44.7 Å². The van der Waals surface area contributed by atoms with Crippen LogP contribution in [0, 0.1) is 0 Å². The predicted octanol–water partition coefficient (Wildman–Crippen LogP) is 3.23. The van der Waals surface area contributed by atoms with E-state index in [-0.39, 0.29) is 24.0 Å². The van der Waals surface area contributed by atoms with E-state index in [1.165, 1.54) is 0 Å². The maximum atomic E-state index is 12.0. The number of hydrogen-bond donors (Lipinski definition) is 1. The zero-order valence-electron chi connectivity index (χ0n) is 16.6. The molecule has 1 saturated heterocycles. The predicted molar refractivity (Wildman–Crippen MR) is 111 cm³/mol. The molecule has 2 amide bonds. The van der Waals surface area contributed by atoms with Crippen molar-refractivity contribution in [2.24, 2.45) is 0 Å². The molecule has 2 aromatic rings. The monoisotopic (exact) mass is 397 g/mol. The molecule has 1 atom stereocenters. The number of hydrogen-bond acceptors (Lipinski definition) is 3. The van der Waals surface area contributed by atoms with Gasteiger partial charge in [0.15, 0.2) is 0 Å². The number of imide groups is 1. The fourth-order valence-electron chi connectivity index (χ4n) is 4.15. The van der Waals surface area contributed by atoms with Gasteiger partial charge in [-0.3, -0.25) is 4.79 Å². The zero-order valence-corrected chi connectivity index (χ0v) is 17.6. The molecule has 1 N–H and O–H groups in total. The van der Waals surface area contributed by atoms with Crippen LogP contribution in [-0.4, -0.2) is 43.0 Å². The minimum absolute atomic E-state index is 0.188. The smallest absolute Gasteiger partial charge is 0.414 e. The maximum Gasteiger partial charge on any atom is 0.414 e. The number of benzene rings is 2. The normalized spacial score (nSPS) is 17.8. The lowest BCUT2D eigenvalue weighted by molar-refractivity contribution is -0.127. The Morgan fingerprint density at radius 2 is 1.57 bits per heavy atom. The van der Waals surface area contributed by atoms with Crippen LogP contribution in [0.5, 0.6) is 0 Å². The highest BCUT2D eigenvalue weighted by molar-refractivity contribution is 6.99. The van der Waals surface area contributed by atoms with Gasteiger partial charge in [0.05, 0.1) is 12.6 Å². The van der Waals surface area contributed by atoms with Crippen molar-refractivity contribution in [1.82, 2.24) is 4.90 Å². The van der Waals surface area contributed by atoms with E-state index in [1.54, 1.807) is 0 Å². The summed E-state index contributed by atoms with van der Waals surface area (Å²) in [5, 5.41) is 11.5. The molecule has 3 rings (SSSR count). The Labute approximate surface area is 167 Å². The molecule has 0 bridgehead atoms. The number of likely N-dealkylation sites (tertiary alicyclic amines) is 1. The third kappa shape index (κ3) is 3.62. The van der Waals surface area contributed by atoms with Gasteiger partial charge in [0.1, 0.15) is 0 Å². The molecule has 28 heavy (non-hydrogen) atoms. The molecule has 1 aliphatic rings. The molecule has 0 saturated carbocycles. The highest BCUT2D eigenvalue weighted by Crippen LogP contribution is 2.37. The largest absolute Gasteiger partial charge is 0.465 e. The van der Waals surface area contributed by atoms with E-state index in [0.717, 1.165) is 15.3 Å². The maximum absolute atomic E-state index is 12.0. The molecule has 5 nitrogen and oxygen atoms in total. The van der Waals surface area contributed by atoms with E-state index >= 15 is 0 Å². The van der Waals surface area contributed by atoms with Crippen molar-refractivity contribution in [3.05, 3.63) is 60.7 Å². The molecular formula is C22H27NO4Si. The Morgan fingerprint density at radius 1 is 1.07 bits per heavy atom. The van der Waals surface area contributed by atoms with Crippen LogP contribution >= 0.6 is 0 Å². The second-order valence-electron chi connectivity index (χ2n) is 8.21. The van der Waals surface area contributed by atoms with Gasteiger partial charge in [-0.15, -0.1) is 0 Å². The first-order valence-electron chi connectivity index (χ1n) is 9.57. The Balaban J connectivity index is 2.04. The number of rotatable bonds is 5. The third-order valence-corrected chi connectivity index (χ3v) is 10.4. The van der Waals surface area contributed by atoms with E-state index < -0.39 is 20.5 Å². The molecule has 1 fully saturated rings. The van der Waals surface area contributed by atoms with Gasteiger partial charge in [0.25, 0.3) is 8.32 Å². The van der Waals surface area contributed by atoms with Crippen LogP contribution in [0.4, 0.5) is 4.79 Å². The van der Waals surface area contributed by atoms with Gasteiger partial charge >= 0.3 is 6.09 Å². The number of nitrogens with zero attached hydrogens (tertiary/aromatic N) is 1. The highest BCUT2D eigenvalue weighted by Gasteiger charge is 2.51. The Morgan fingerprint density at radius 3 is 2.00 bits per heavy atom. The fraction of sp³-hybridized carbons (Fsp3) is 0.364. The summed E-state index contributed by atoms with van der Waals surface area (Å²) in [4.78, 5) is 24.5. The lowest BCUT2D eigenvalue weighted by Crippen LogP contribution is -2.67. The molecule has 1 heterocycles. The Hall–Kier alpha value is -2.44. The summed E-state index contributed by atoms with van der Waals surface area (Å²) in [5.74, 6) is -0.344. The number of carbonyl (C=O) groups is 2. The highest BCUT2D eigenvalue weighted by atomic mass is 28.4. The summed E-state index contributed by atoms with van der Waals surface area (Å²) in [6.07, 6.45) is -0.441. The van der Waals surface area contributed by atoms with Gasteiger partial charge in [-0.1, -0.05) is 81.4 Å². The van der Waals surface area contributed by atoms with Crippen LogP contribution in [0.3, 0.4) is 0 Å². The number of amides is 2. The summed E-state index contributed by atoms with van der Waals surface area (Å²) in [6, 6.07) is 20.0. The van der Waals surface area contributed by atoms with Crippen molar-refractivity contribution in [3.8, 4) is 0 Å². The first kappa shape index (κ1) is 20.3. The molecule has 0 spiro atoms. The molecule has 2 aromatic carbocycles. The molecule has 0 aliphatic carbocycles. The van der Waals surface area contributed by atoms with Crippen LogP contribution < -0.4 is 10.4 Å². The molecule has 148 valence electrons. The topological polar surface area (TPSA) is 66.8 Å². The average molecular weight is 398 g/mol. The first-order valence-corrected chi connectivity index (χ1v) is 11.5. The average Bonchev–Trinajstić information content (AvgIpc) is 3.04. The quantitative estimate of drug-likeness (QED) is 0.787. The third-order valence-electron chi connectivity index (χ3n) is 5.44. The van der Waals surface area contributed by atoms with Crippen LogP contribution in [-0.2, 0) is 9.22 Å².